The molecule has 0 aliphatic carbocycles. The minimum Gasteiger partial charge on any atom is -0.390 e. The van der Waals surface area contributed by atoms with Crippen molar-refractivity contribution in [2.24, 2.45) is 0 Å². The predicted molar refractivity (Wildman–Crippen MR) is 54.5 cm³/mol. The standard InChI is InChI=1S/C8H17O7P/c1-2-3-4-6(9)8(11)7(10)5-15-16(12,13)14/h6,8-9,11H,2-5H2,1H3,(H2,12,13,14)/t6-,8-/m1/s1. The number of ketones is 1. The molecule has 4 N–H and O–H groups in total. The molecule has 16 heavy (non-hydrogen) atoms. The van der Waals surface area contributed by atoms with E-state index in [1.54, 1.807) is 0 Å². The highest BCUT2D eigenvalue weighted by Crippen LogP contribution is 2.35. The van der Waals surface area contributed by atoms with Gasteiger partial charge in [0.15, 0.2) is 5.78 Å². The van der Waals surface area contributed by atoms with Crippen molar-refractivity contribution < 1.29 is 33.9 Å². The first-order valence-corrected chi connectivity index (χ1v) is 6.40. The maximum atomic E-state index is 11.1. The number of aliphatic hydroxyl groups excluding tert-OH is 2. The van der Waals surface area contributed by atoms with E-state index in [-0.39, 0.29) is 6.42 Å². The Morgan fingerprint density at radius 1 is 1.38 bits per heavy atom. The van der Waals surface area contributed by atoms with Gasteiger partial charge in [-0.15, -0.1) is 0 Å². The van der Waals surface area contributed by atoms with Crippen LogP contribution in [0.3, 0.4) is 0 Å². The van der Waals surface area contributed by atoms with Crippen LogP contribution in [0.25, 0.3) is 0 Å². The normalized spacial score (nSPS) is 15.8. The summed E-state index contributed by atoms with van der Waals surface area (Å²) in [6.07, 6.45) is -1.20. The van der Waals surface area contributed by atoms with E-state index in [1.165, 1.54) is 0 Å². The number of hydrogen-bond donors (Lipinski definition) is 4. The van der Waals surface area contributed by atoms with E-state index < -0.39 is 32.4 Å². The average Bonchev–Trinajstić information content (AvgIpc) is 2.20. The highest BCUT2D eigenvalue weighted by atomic mass is 31.2. The van der Waals surface area contributed by atoms with Gasteiger partial charge < -0.3 is 20.0 Å². The molecule has 0 aromatic carbocycles. The minimum absolute atomic E-state index is 0.249. The summed E-state index contributed by atoms with van der Waals surface area (Å²) in [6, 6.07) is 0. The molecule has 0 radical (unpaired) electrons. The third kappa shape index (κ3) is 7.05. The fraction of sp³-hybridized carbons (Fsp3) is 0.875. The topological polar surface area (TPSA) is 124 Å². The van der Waals surface area contributed by atoms with Gasteiger partial charge in [0, 0.05) is 0 Å². The van der Waals surface area contributed by atoms with E-state index in [2.05, 4.69) is 4.52 Å². The second-order valence-corrected chi connectivity index (χ2v) is 4.62. The Hall–Kier alpha value is -0.300. The number of carbonyl (C=O) groups is 1. The molecule has 0 fully saturated rings. The third-order valence-electron chi connectivity index (χ3n) is 1.92. The van der Waals surface area contributed by atoms with Gasteiger partial charge in [0.25, 0.3) is 0 Å². The smallest absolute Gasteiger partial charge is 0.390 e. The Bertz CT molecular complexity index is 261. The number of unbranched alkanes of at least 4 members (excludes halogenated alkanes) is 1. The first kappa shape index (κ1) is 15.7. The molecule has 0 amide bonds. The largest absolute Gasteiger partial charge is 0.470 e. The van der Waals surface area contributed by atoms with Crippen LogP contribution in [0.15, 0.2) is 0 Å². The van der Waals surface area contributed by atoms with Crippen LogP contribution in [-0.2, 0) is 13.9 Å². The summed E-state index contributed by atoms with van der Waals surface area (Å²) in [7, 11) is -4.72. The molecular formula is C8H17O7P. The molecule has 0 spiro atoms. The molecule has 2 atom stereocenters. The van der Waals surface area contributed by atoms with Crippen molar-refractivity contribution in [3.8, 4) is 0 Å². The van der Waals surface area contributed by atoms with Crippen LogP contribution in [0.2, 0.25) is 0 Å². The molecule has 8 heteroatoms. The molecule has 0 bridgehead atoms. The molecule has 0 aromatic rings. The van der Waals surface area contributed by atoms with Crippen molar-refractivity contribution >= 4 is 13.6 Å². The van der Waals surface area contributed by atoms with Crippen molar-refractivity contribution in [1.82, 2.24) is 0 Å². The molecule has 0 unspecified atom stereocenters. The van der Waals surface area contributed by atoms with Crippen LogP contribution >= 0.6 is 7.82 Å². The summed E-state index contributed by atoms with van der Waals surface area (Å²) >= 11 is 0. The van der Waals surface area contributed by atoms with Gasteiger partial charge in [0.05, 0.1) is 6.10 Å². The fourth-order valence-corrected chi connectivity index (χ4v) is 1.31. The number of Topliss-reactive ketones (excluding diaryl/α,β-unsaturated/α-hetero) is 1. The average molecular weight is 256 g/mol. The lowest BCUT2D eigenvalue weighted by Crippen LogP contribution is -2.36. The van der Waals surface area contributed by atoms with Crippen LogP contribution in [0.1, 0.15) is 26.2 Å². The molecule has 0 saturated carbocycles. The van der Waals surface area contributed by atoms with Gasteiger partial charge >= 0.3 is 7.82 Å². The predicted octanol–water partition coefficient (Wildman–Crippen LogP) is -0.423. The van der Waals surface area contributed by atoms with Crippen LogP contribution in [0, 0.1) is 0 Å². The van der Waals surface area contributed by atoms with E-state index >= 15 is 0 Å². The van der Waals surface area contributed by atoms with Gasteiger partial charge in [-0.05, 0) is 6.42 Å². The lowest BCUT2D eigenvalue weighted by molar-refractivity contribution is -0.135. The zero-order valence-corrected chi connectivity index (χ0v) is 9.84. The Morgan fingerprint density at radius 2 is 1.94 bits per heavy atom. The maximum Gasteiger partial charge on any atom is 0.470 e. The third-order valence-corrected chi connectivity index (χ3v) is 2.39. The van der Waals surface area contributed by atoms with Gasteiger partial charge in [-0.25, -0.2) is 4.57 Å². The van der Waals surface area contributed by atoms with Gasteiger partial charge in [0.2, 0.25) is 0 Å². The van der Waals surface area contributed by atoms with Gasteiger partial charge in [-0.2, -0.15) is 0 Å². The van der Waals surface area contributed by atoms with Gasteiger partial charge in [-0.1, -0.05) is 19.8 Å². The molecule has 0 aliphatic rings. The van der Waals surface area contributed by atoms with Gasteiger partial charge in [0.1, 0.15) is 12.7 Å². The first-order chi connectivity index (χ1) is 7.28. The Morgan fingerprint density at radius 3 is 2.38 bits per heavy atom. The Balaban J connectivity index is 4.02. The second-order valence-electron chi connectivity index (χ2n) is 3.38. The lowest BCUT2D eigenvalue weighted by atomic mass is 10.0. The molecule has 96 valence electrons. The highest BCUT2D eigenvalue weighted by Gasteiger charge is 2.26. The summed E-state index contributed by atoms with van der Waals surface area (Å²) in [4.78, 5) is 27.8. The maximum absolute atomic E-state index is 11.1. The number of hydrogen-bond acceptors (Lipinski definition) is 5. The molecule has 0 rings (SSSR count). The lowest BCUT2D eigenvalue weighted by Gasteiger charge is -2.16. The van der Waals surface area contributed by atoms with Crippen LogP contribution < -0.4 is 0 Å². The molecule has 0 aliphatic heterocycles. The molecular weight excluding hydrogens is 239 g/mol. The number of phosphoric ester groups is 1. The fourth-order valence-electron chi connectivity index (χ4n) is 1.02. The van der Waals surface area contributed by atoms with Crippen molar-refractivity contribution in [3.63, 3.8) is 0 Å². The summed E-state index contributed by atoms with van der Waals surface area (Å²) in [6.45, 7) is 0.965. The van der Waals surface area contributed by atoms with E-state index in [4.69, 9.17) is 9.79 Å². The summed E-state index contributed by atoms with van der Waals surface area (Å²) < 4.78 is 14.2. The number of aliphatic hydroxyl groups is 2. The SMILES string of the molecule is CCCC[C@@H](O)[C@@H](O)C(=O)COP(=O)(O)O. The molecule has 0 heterocycles. The molecule has 0 aromatic heterocycles. The van der Waals surface area contributed by atoms with E-state index in [9.17, 15) is 19.6 Å². The number of phosphoric acid groups is 1. The zero-order valence-electron chi connectivity index (χ0n) is 8.94. The highest BCUT2D eigenvalue weighted by molar-refractivity contribution is 7.46. The van der Waals surface area contributed by atoms with Crippen LogP contribution in [0.5, 0.6) is 0 Å². The summed E-state index contributed by atoms with van der Waals surface area (Å²) in [5.41, 5.74) is 0. The minimum atomic E-state index is -4.72. The van der Waals surface area contributed by atoms with Crippen molar-refractivity contribution in [2.45, 2.75) is 38.4 Å². The first-order valence-electron chi connectivity index (χ1n) is 4.87. The van der Waals surface area contributed by atoms with Crippen molar-refractivity contribution in [1.29, 1.82) is 0 Å². The van der Waals surface area contributed by atoms with Crippen molar-refractivity contribution in [2.75, 3.05) is 6.61 Å². The summed E-state index contributed by atoms with van der Waals surface area (Å²) in [5, 5.41) is 18.6. The Labute approximate surface area is 93.3 Å². The monoisotopic (exact) mass is 256 g/mol. The van der Waals surface area contributed by atoms with Gasteiger partial charge in [-0.3, -0.25) is 9.32 Å². The molecule has 0 saturated heterocycles. The van der Waals surface area contributed by atoms with Crippen LogP contribution in [0.4, 0.5) is 0 Å². The van der Waals surface area contributed by atoms with Crippen LogP contribution in [-0.4, -0.2) is 44.6 Å². The summed E-state index contributed by atoms with van der Waals surface area (Å²) in [5.74, 6) is -0.952. The van der Waals surface area contributed by atoms with Crippen molar-refractivity contribution in [3.05, 3.63) is 0 Å². The van der Waals surface area contributed by atoms with E-state index in [0.29, 0.717) is 6.42 Å². The number of carbonyl (C=O) groups excluding carboxylic acids is 1. The van der Waals surface area contributed by atoms with E-state index in [1.807, 2.05) is 6.92 Å². The van der Waals surface area contributed by atoms with E-state index in [0.717, 1.165) is 6.42 Å². The molecule has 7 nitrogen and oxygen atoms in total. The second kappa shape index (κ2) is 7.11. The quantitative estimate of drug-likeness (QED) is 0.434. The Kier molecular flexibility index (Phi) is 6.98. The zero-order chi connectivity index (χ0) is 12.8. The number of rotatable bonds is 8.